The van der Waals surface area contributed by atoms with Crippen molar-refractivity contribution in [3.8, 4) is 17.3 Å². The van der Waals surface area contributed by atoms with Crippen molar-refractivity contribution in [2.24, 2.45) is 7.05 Å². The van der Waals surface area contributed by atoms with Crippen LogP contribution in [0.25, 0.3) is 11.3 Å². The van der Waals surface area contributed by atoms with Gasteiger partial charge in [-0.25, -0.2) is 8.93 Å². The summed E-state index contributed by atoms with van der Waals surface area (Å²) < 4.78 is 17.6. The Bertz CT molecular complexity index is 1050. The number of nitrogens with one attached hydrogen (secondary N) is 1. The monoisotopic (exact) mass is 405 g/mol. The second kappa shape index (κ2) is 8.70. The maximum Gasteiger partial charge on any atom is 0.125 e. The number of nitrogens with zero attached hydrogens (tertiary/aromatic N) is 4. The first-order chi connectivity index (χ1) is 14.1. The Labute approximate surface area is 173 Å². The van der Waals surface area contributed by atoms with Crippen molar-refractivity contribution in [2.75, 3.05) is 13.1 Å². The summed E-state index contributed by atoms with van der Waals surface area (Å²) in [5, 5.41) is 13.4. The number of nitriles is 1. The second-order valence-electron chi connectivity index (χ2n) is 7.32. The van der Waals surface area contributed by atoms with Crippen LogP contribution in [-0.4, -0.2) is 38.0 Å². The lowest BCUT2D eigenvalue weighted by molar-refractivity contribution is 0.325. The largest absolute Gasteiger partial charge is 0.297 e. The molecule has 1 fully saturated rings. The minimum Gasteiger partial charge on any atom is -0.297 e. The molecule has 0 amide bonds. The molecule has 1 unspecified atom stereocenters. The van der Waals surface area contributed by atoms with Gasteiger partial charge in [-0.1, -0.05) is 30.3 Å². The minimum atomic E-state index is -1.31. The highest BCUT2D eigenvalue weighted by Gasteiger charge is 2.24. The third kappa shape index (κ3) is 4.80. The van der Waals surface area contributed by atoms with Gasteiger partial charge in [0, 0.05) is 44.5 Å². The fourth-order valence-electron chi connectivity index (χ4n) is 3.58. The predicted molar refractivity (Wildman–Crippen MR) is 113 cm³/mol. The molecule has 4 rings (SSSR count). The van der Waals surface area contributed by atoms with E-state index in [0.717, 1.165) is 37.3 Å². The standard InChI is InChI=1S/C22H23N5OS/c1-26-11-10-22(24-26)19-7-5-17(6-8-19)15-27-12-9-20(16-27)25-29(28)21-4-2-3-18(13-21)14-23/h2-8,10-11,13,20,25H,9,12,15-16H2,1H3/t20-,29?/m1/s1. The van der Waals surface area contributed by atoms with Gasteiger partial charge in [-0.05, 0) is 36.2 Å². The number of aryl methyl sites for hydroxylation is 1. The maximum absolute atomic E-state index is 12.6. The fourth-order valence-corrected chi connectivity index (χ4v) is 4.65. The molecule has 0 aliphatic carbocycles. The van der Waals surface area contributed by atoms with E-state index in [1.165, 1.54) is 5.56 Å². The molecule has 1 saturated heterocycles. The molecule has 0 radical (unpaired) electrons. The molecule has 7 heteroatoms. The third-order valence-corrected chi connectivity index (χ3v) is 6.32. The Hall–Kier alpha value is -2.79. The van der Waals surface area contributed by atoms with Crippen LogP contribution in [-0.2, 0) is 24.6 Å². The molecule has 148 valence electrons. The lowest BCUT2D eigenvalue weighted by Gasteiger charge is -2.17. The van der Waals surface area contributed by atoms with E-state index in [9.17, 15) is 4.21 Å². The van der Waals surface area contributed by atoms with Crippen LogP contribution in [0.4, 0.5) is 0 Å². The van der Waals surface area contributed by atoms with Crippen LogP contribution in [0, 0.1) is 11.3 Å². The number of rotatable bonds is 6. The lowest BCUT2D eigenvalue weighted by atomic mass is 10.1. The van der Waals surface area contributed by atoms with Crippen LogP contribution >= 0.6 is 0 Å². The highest BCUT2D eigenvalue weighted by molar-refractivity contribution is 7.83. The molecule has 0 bridgehead atoms. The molecule has 6 nitrogen and oxygen atoms in total. The average molecular weight is 406 g/mol. The first-order valence-electron chi connectivity index (χ1n) is 9.60. The molecule has 0 saturated carbocycles. The summed E-state index contributed by atoms with van der Waals surface area (Å²) in [7, 11) is 0.614. The van der Waals surface area contributed by atoms with Gasteiger partial charge >= 0.3 is 0 Å². The molecule has 2 heterocycles. The van der Waals surface area contributed by atoms with Crippen molar-refractivity contribution in [1.82, 2.24) is 19.4 Å². The van der Waals surface area contributed by atoms with Crippen molar-refractivity contribution < 1.29 is 4.21 Å². The van der Waals surface area contributed by atoms with Gasteiger partial charge in [0.2, 0.25) is 0 Å². The van der Waals surface area contributed by atoms with Gasteiger partial charge in [0.05, 0.1) is 22.2 Å². The second-order valence-corrected chi connectivity index (χ2v) is 8.56. The van der Waals surface area contributed by atoms with Gasteiger partial charge in [0.15, 0.2) is 0 Å². The van der Waals surface area contributed by atoms with Crippen molar-refractivity contribution >= 4 is 11.0 Å². The van der Waals surface area contributed by atoms with Crippen LogP contribution in [0.3, 0.4) is 0 Å². The Morgan fingerprint density at radius 2 is 2.07 bits per heavy atom. The molecule has 3 aromatic rings. The zero-order valence-electron chi connectivity index (χ0n) is 16.3. The Morgan fingerprint density at radius 1 is 1.24 bits per heavy atom. The van der Waals surface area contributed by atoms with E-state index in [2.05, 4.69) is 45.1 Å². The van der Waals surface area contributed by atoms with Crippen LogP contribution in [0.1, 0.15) is 17.5 Å². The lowest BCUT2D eigenvalue weighted by Crippen LogP contribution is -2.33. The van der Waals surface area contributed by atoms with Crippen molar-refractivity contribution in [2.45, 2.75) is 23.9 Å². The van der Waals surface area contributed by atoms with Crippen molar-refractivity contribution in [3.05, 3.63) is 71.9 Å². The minimum absolute atomic E-state index is 0.175. The number of hydrogen-bond acceptors (Lipinski definition) is 4. The molecule has 1 aromatic heterocycles. The number of hydrogen-bond donors (Lipinski definition) is 1. The summed E-state index contributed by atoms with van der Waals surface area (Å²) in [4.78, 5) is 3.02. The summed E-state index contributed by atoms with van der Waals surface area (Å²) in [6.07, 6.45) is 2.90. The predicted octanol–water partition coefficient (Wildman–Crippen LogP) is 2.85. The van der Waals surface area contributed by atoms with Crippen molar-refractivity contribution in [1.29, 1.82) is 5.26 Å². The molecule has 29 heavy (non-hydrogen) atoms. The Kier molecular flexibility index (Phi) is 5.86. The quantitative estimate of drug-likeness (QED) is 0.684. The summed E-state index contributed by atoms with van der Waals surface area (Å²) in [6.45, 7) is 2.69. The van der Waals surface area contributed by atoms with Crippen LogP contribution in [0.5, 0.6) is 0 Å². The van der Waals surface area contributed by atoms with Crippen LogP contribution in [0.2, 0.25) is 0 Å². The number of aromatic nitrogens is 2. The van der Waals surface area contributed by atoms with E-state index in [0.29, 0.717) is 10.5 Å². The molecule has 2 atom stereocenters. The molecular weight excluding hydrogens is 382 g/mol. The summed E-state index contributed by atoms with van der Waals surface area (Å²) in [5.41, 5.74) is 3.88. The van der Waals surface area contributed by atoms with E-state index in [1.54, 1.807) is 28.9 Å². The zero-order valence-corrected chi connectivity index (χ0v) is 17.1. The third-order valence-electron chi connectivity index (χ3n) is 5.09. The Morgan fingerprint density at radius 3 is 2.79 bits per heavy atom. The van der Waals surface area contributed by atoms with Gasteiger partial charge in [0.1, 0.15) is 11.0 Å². The molecule has 1 aliphatic rings. The molecule has 1 aliphatic heterocycles. The van der Waals surface area contributed by atoms with E-state index in [-0.39, 0.29) is 6.04 Å². The average Bonchev–Trinajstić information content (AvgIpc) is 3.37. The molecule has 2 aromatic carbocycles. The van der Waals surface area contributed by atoms with Gasteiger partial charge < -0.3 is 0 Å². The van der Waals surface area contributed by atoms with Gasteiger partial charge in [-0.3, -0.25) is 9.58 Å². The topological polar surface area (TPSA) is 73.9 Å². The first-order valence-corrected chi connectivity index (χ1v) is 10.7. The highest BCUT2D eigenvalue weighted by Crippen LogP contribution is 2.20. The summed E-state index contributed by atoms with van der Waals surface area (Å²) in [5.74, 6) is 0. The smallest absolute Gasteiger partial charge is 0.125 e. The van der Waals surface area contributed by atoms with E-state index in [4.69, 9.17) is 5.26 Å². The van der Waals surface area contributed by atoms with E-state index >= 15 is 0 Å². The van der Waals surface area contributed by atoms with Gasteiger partial charge in [-0.2, -0.15) is 10.4 Å². The number of likely N-dealkylation sites (tertiary alicyclic amines) is 1. The summed E-state index contributed by atoms with van der Waals surface area (Å²) >= 11 is 0. The first kappa shape index (κ1) is 19.5. The normalized spacial score (nSPS) is 17.9. The van der Waals surface area contributed by atoms with Gasteiger partial charge in [0.25, 0.3) is 0 Å². The molecular formula is C22H23N5OS. The van der Waals surface area contributed by atoms with E-state index < -0.39 is 11.0 Å². The number of benzene rings is 2. The molecule has 1 N–H and O–H groups in total. The summed E-state index contributed by atoms with van der Waals surface area (Å²) in [6, 6.07) is 19.8. The molecule has 0 spiro atoms. The van der Waals surface area contributed by atoms with Gasteiger partial charge in [-0.15, -0.1) is 0 Å². The fraction of sp³-hybridized carbons (Fsp3) is 0.273. The Balaban J connectivity index is 1.32. The maximum atomic E-state index is 12.6. The SMILES string of the molecule is Cn1ccc(-c2ccc(CN3CC[C@@H](NS(=O)c4cccc(C#N)c4)C3)cc2)n1. The van der Waals surface area contributed by atoms with E-state index in [1.807, 2.05) is 19.3 Å². The highest BCUT2D eigenvalue weighted by atomic mass is 32.2. The van der Waals surface area contributed by atoms with Crippen molar-refractivity contribution in [3.63, 3.8) is 0 Å². The van der Waals surface area contributed by atoms with Crippen LogP contribution < -0.4 is 4.72 Å². The van der Waals surface area contributed by atoms with Crippen LogP contribution in [0.15, 0.2) is 65.7 Å². The zero-order chi connectivity index (χ0) is 20.2.